The summed E-state index contributed by atoms with van der Waals surface area (Å²) >= 11 is 0. The second-order valence-electron chi connectivity index (χ2n) is 12.0. The predicted molar refractivity (Wildman–Crippen MR) is 186 cm³/mol. The summed E-state index contributed by atoms with van der Waals surface area (Å²) in [4.78, 5) is 32.1. The lowest BCUT2D eigenvalue weighted by molar-refractivity contribution is -0.130. The Morgan fingerprint density at radius 2 is 1.32 bits per heavy atom. The summed E-state index contributed by atoms with van der Waals surface area (Å²) in [6.07, 6.45) is 4.13. The minimum Gasteiger partial charge on any atom is -0.354 e. The van der Waals surface area contributed by atoms with Crippen molar-refractivity contribution in [3.63, 3.8) is 0 Å². The van der Waals surface area contributed by atoms with E-state index >= 15 is 0 Å². The number of benzene rings is 4. The lowest BCUT2D eigenvalue weighted by Crippen LogP contribution is -2.52. The molecule has 0 aliphatic carbocycles. The molecule has 2 amide bonds. The van der Waals surface area contributed by atoms with Crippen molar-refractivity contribution in [3.8, 4) is 0 Å². The summed E-state index contributed by atoms with van der Waals surface area (Å²) < 4.78 is 0. The molecule has 4 rings (SSSR count). The second kappa shape index (κ2) is 16.1. The molecule has 0 radical (unpaired) electrons. The minimum absolute atomic E-state index is 0.172. The van der Waals surface area contributed by atoms with Crippen molar-refractivity contribution in [1.29, 1.82) is 0 Å². The summed E-state index contributed by atoms with van der Waals surface area (Å²) in [5.41, 5.74) is 1.49. The zero-order valence-electron chi connectivity index (χ0n) is 26.2. The van der Waals surface area contributed by atoms with Crippen LogP contribution in [0.4, 0.5) is 0 Å². The highest BCUT2D eigenvalue weighted by Crippen LogP contribution is 2.34. The van der Waals surface area contributed by atoms with Gasteiger partial charge in [-0.2, -0.15) is 0 Å². The first-order chi connectivity index (χ1) is 21.3. The maximum Gasteiger partial charge on any atom is 0.245 e. The van der Waals surface area contributed by atoms with E-state index in [-0.39, 0.29) is 11.8 Å². The smallest absolute Gasteiger partial charge is 0.245 e. The van der Waals surface area contributed by atoms with Crippen LogP contribution in [0.5, 0.6) is 0 Å². The zero-order chi connectivity index (χ0) is 31.4. The van der Waals surface area contributed by atoms with E-state index in [1.807, 2.05) is 75.5 Å². The topological polar surface area (TPSA) is 70.6 Å². The fourth-order valence-corrected chi connectivity index (χ4v) is 7.46. The number of carbonyl (C=O) groups excluding carboxylic acids is 2. The van der Waals surface area contributed by atoms with Gasteiger partial charge in [0.1, 0.15) is 12.1 Å². The SMILES string of the molecule is CCCCNC(=O)[C@H](Cc1ccccc1)NC(=O)[C@@H](N=Cc1ccccc1P(c1ccccc1)c1ccccc1)C(C)(C)C. The molecule has 0 fully saturated rings. The Labute approximate surface area is 264 Å². The third-order valence-corrected chi connectivity index (χ3v) is 9.90. The number of hydrogen-bond acceptors (Lipinski definition) is 3. The summed E-state index contributed by atoms with van der Waals surface area (Å²) in [7, 11) is -0.844. The molecule has 0 heterocycles. The number of nitrogens with zero attached hydrogens (tertiary/aromatic N) is 1. The van der Waals surface area contributed by atoms with Crippen molar-refractivity contribution in [3.05, 3.63) is 126 Å². The van der Waals surface area contributed by atoms with Gasteiger partial charge >= 0.3 is 0 Å². The molecule has 5 nitrogen and oxygen atoms in total. The highest BCUT2D eigenvalue weighted by atomic mass is 31.1. The van der Waals surface area contributed by atoms with Crippen molar-refractivity contribution >= 4 is 41.9 Å². The summed E-state index contributed by atoms with van der Waals surface area (Å²) in [6, 6.07) is 37.8. The number of rotatable bonds is 13. The molecule has 44 heavy (non-hydrogen) atoms. The Morgan fingerprint density at radius 3 is 1.89 bits per heavy atom. The molecule has 0 aliphatic rings. The first-order valence-electron chi connectivity index (χ1n) is 15.4. The van der Waals surface area contributed by atoms with E-state index in [4.69, 9.17) is 4.99 Å². The third kappa shape index (κ3) is 9.21. The molecule has 4 aromatic rings. The van der Waals surface area contributed by atoms with Gasteiger partial charge in [-0.05, 0) is 41.2 Å². The van der Waals surface area contributed by atoms with Gasteiger partial charge in [0.25, 0.3) is 0 Å². The fraction of sp³-hybridized carbons (Fsp3) is 0.289. The van der Waals surface area contributed by atoms with Crippen LogP contribution >= 0.6 is 7.92 Å². The Balaban J connectivity index is 1.64. The Morgan fingerprint density at radius 1 is 0.773 bits per heavy atom. The quantitative estimate of drug-likeness (QED) is 0.113. The van der Waals surface area contributed by atoms with E-state index in [9.17, 15) is 9.59 Å². The van der Waals surface area contributed by atoms with Gasteiger partial charge < -0.3 is 10.6 Å². The van der Waals surface area contributed by atoms with Crippen LogP contribution < -0.4 is 26.5 Å². The van der Waals surface area contributed by atoms with Crippen LogP contribution in [-0.4, -0.2) is 36.7 Å². The number of carbonyl (C=O) groups is 2. The maximum atomic E-state index is 13.9. The molecule has 0 aromatic heterocycles. The monoisotopic (exact) mass is 605 g/mol. The van der Waals surface area contributed by atoms with Gasteiger partial charge in [-0.25, -0.2) is 0 Å². The number of amides is 2. The van der Waals surface area contributed by atoms with Gasteiger partial charge in [0, 0.05) is 24.7 Å². The van der Waals surface area contributed by atoms with Crippen LogP contribution in [0.25, 0.3) is 0 Å². The first-order valence-corrected chi connectivity index (χ1v) is 16.8. The van der Waals surface area contributed by atoms with Crippen molar-refractivity contribution in [2.45, 2.75) is 59.0 Å². The molecule has 0 bridgehead atoms. The highest BCUT2D eigenvalue weighted by molar-refractivity contribution is 7.80. The largest absolute Gasteiger partial charge is 0.354 e. The summed E-state index contributed by atoms with van der Waals surface area (Å²) in [6.45, 7) is 8.70. The van der Waals surface area contributed by atoms with Crippen molar-refractivity contribution in [2.24, 2.45) is 10.4 Å². The van der Waals surface area contributed by atoms with Crippen LogP contribution in [0.2, 0.25) is 0 Å². The van der Waals surface area contributed by atoms with E-state index < -0.39 is 25.4 Å². The van der Waals surface area contributed by atoms with Crippen LogP contribution in [0, 0.1) is 5.41 Å². The Bertz CT molecular complexity index is 1460. The average Bonchev–Trinajstić information content (AvgIpc) is 3.02. The Hall–Kier alpha value is -4.08. The van der Waals surface area contributed by atoms with E-state index in [1.165, 1.54) is 15.9 Å². The molecular weight excluding hydrogens is 561 g/mol. The van der Waals surface area contributed by atoms with E-state index in [1.54, 1.807) is 0 Å². The first kappa shape index (κ1) is 32.8. The molecule has 6 heteroatoms. The zero-order valence-corrected chi connectivity index (χ0v) is 27.1. The van der Waals surface area contributed by atoms with Crippen LogP contribution in [-0.2, 0) is 16.0 Å². The molecule has 0 aliphatic heterocycles. The van der Waals surface area contributed by atoms with Gasteiger partial charge in [-0.1, -0.05) is 149 Å². The number of nitrogens with one attached hydrogen (secondary N) is 2. The van der Waals surface area contributed by atoms with Crippen LogP contribution in [0.1, 0.15) is 51.7 Å². The van der Waals surface area contributed by atoms with Gasteiger partial charge in [0.15, 0.2) is 0 Å². The van der Waals surface area contributed by atoms with E-state index in [0.717, 1.165) is 24.0 Å². The molecule has 0 spiro atoms. The summed E-state index contributed by atoms with van der Waals surface area (Å²) in [5.74, 6) is -0.430. The van der Waals surface area contributed by atoms with Crippen LogP contribution in [0.3, 0.4) is 0 Å². The molecule has 0 unspecified atom stereocenters. The molecular formula is C38H44N3O2P. The minimum atomic E-state index is -0.844. The van der Waals surface area contributed by atoms with Crippen molar-refractivity contribution in [1.82, 2.24) is 10.6 Å². The van der Waals surface area contributed by atoms with Crippen LogP contribution in [0.15, 0.2) is 120 Å². The van der Waals surface area contributed by atoms with E-state index in [2.05, 4.69) is 84.3 Å². The second-order valence-corrected chi connectivity index (χ2v) is 14.2. The molecule has 228 valence electrons. The maximum absolute atomic E-state index is 13.9. The van der Waals surface area contributed by atoms with Gasteiger partial charge in [-0.15, -0.1) is 0 Å². The van der Waals surface area contributed by atoms with Gasteiger partial charge in [-0.3, -0.25) is 14.6 Å². The normalized spacial score (nSPS) is 13.0. The molecule has 0 saturated heterocycles. The lowest BCUT2D eigenvalue weighted by Gasteiger charge is -2.28. The lowest BCUT2D eigenvalue weighted by atomic mass is 9.86. The Kier molecular flexibility index (Phi) is 12.0. The number of unbranched alkanes of at least 4 members (excludes halogenated alkanes) is 1. The van der Waals surface area contributed by atoms with Gasteiger partial charge in [0.05, 0.1) is 0 Å². The van der Waals surface area contributed by atoms with Crippen molar-refractivity contribution < 1.29 is 9.59 Å². The predicted octanol–water partition coefficient (Wildman–Crippen LogP) is 5.92. The average molecular weight is 606 g/mol. The number of hydrogen-bond donors (Lipinski definition) is 2. The third-order valence-electron chi connectivity index (χ3n) is 7.38. The fourth-order valence-electron chi connectivity index (χ4n) is 5.04. The standard InChI is InChI=1S/C38H44N3O2P/c1-5-6-26-39-36(42)33(27-29-18-10-7-11-19-29)41-37(43)35(38(2,3)4)40-28-30-20-16-17-25-34(30)44(31-21-12-8-13-22-31)32-23-14-9-15-24-32/h7-25,28,33,35H,5-6,26-27H2,1-4H3,(H,39,42)(H,41,43)/t33-,35+/m0/s1. The molecule has 2 atom stereocenters. The van der Waals surface area contributed by atoms with E-state index in [0.29, 0.717) is 13.0 Å². The highest BCUT2D eigenvalue weighted by Gasteiger charge is 2.33. The number of aliphatic imine (C=N–C) groups is 1. The molecule has 4 aromatic carbocycles. The summed E-state index contributed by atoms with van der Waals surface area (Å²) in [5, 5.41) is 9.74. The van der Waals surface area contributed by atoms with Gasteiger partial charge in [0.2, 0.25) is 11.8 Å². The molecule has 0 saturated carbocycles. The molecule has 2 N–H and O–H groups in total. The van der Waals surface area contributed by atoms with Crippen molar-refractivity contribution in [2.75, 3.05) is 6.54 Å².